The number of rotatable bonds is 1. The van der Waals surface area contributed by atoms with Crippen LogP contribution in [0.2, 0.25) is 19.1 Å². The lowest BCUT2D eigenvalue weighted by Gasteiger charge is -2.27. The van der Waals surface area contributed by atoms with Crippen molar-refractivity contribution < 1.29 is 4.52 Å². The van der Waals surface area contributed by atoms with Gasteiger partial charge in [-0.3, -0.25) is 0 Å². The molecular formula is C7H13N3OSi. The van der Waals surface area contributed by atoms with Gasteiger partial charge in [0.05, 0.1) is 0 Å². The number of hydrogen-bond acceptors (Lipinski definition) is 4. The van der Waals surface area contributed by atoms with Gasteiger partial charge in [-0.25, -0.2) is 0 Å². The highest BCUT2D eigenvalue weighted by atomic mass is 28.3. The largest absolute Gasteiger partial charge is 0.352 e. The van der Waals surface area contributed by atoms with Gasteiger partial charge in [0, 0.05) is 6.54 Å². The van der Waals surface area contributed by atoms with E-state index in [2.05, 4.69) is 27.8 Å². The third kappa shape index (κ3) is 1.14. The summed E-state index contributed by atoms with van der Waals surface area (Å²) in [6, 6.07) is 2.04. The highest BCUT2D eigenvalue weighted by molar-refractivity contribution is 6.81. The molecular weight excluding hydrogens is 170 g/mol. The first-order chi connectivity index (χ1) is 5.70. The van der Waals surface area contributed by atoms with Crippen molar-refractivity contribution in [2.24, 2.45) is 0 Å². The zero-order valence-corrected chi connectivity index (χ0v) is 8.45. The lowest BCUT2D eigenvalue weighted by molar-refractivity contribution is 0.423. The Morgan fingerprint density at radius 2 is 2.42 bits per heavy atom. The molecule has 0 unspecified atom stereocenters. The second kappa shape index (κ2) is 2.58. The molecule has 1 saturated heterocycles. The molecule has 0 aromatic carbocycles. The maximum Gasteiger partial charge on any atom is 0.315 e. The molecule has 1 aliphatic heterocycles. The summed E-state index contributed by atoms with van der Waals surface area (Å²) in [4.78, 5) is 4.08. The number of anilines is 1. The van der Waals surface area contributed by atoms with Crippen molar-refractivity contribution in [3.8, 4) is 0 Å². The lowest BCUT2D eigenvalue weighted by Crippen LogP contribution is -2.43. The van der Waals surface area contributed by atoms with Gasteiger partial charge in [0.1, 0.15) is 0 Å². The van der Waals surface area contributed by atoms with Crippen LogP contribution in [0.5, 0.6) is 0 Å². The van der Waals surface area contributed by atoms with Crippen molar-refractivity contribution >= 4 is 14.3 Å². The van der Waals surface area contributed by atoms with E-state index in [0.29, 0.717) is 6.01 Å². The molecule has 0 bridgehead atoms. The first-order valence-corrected chi connectivity index (χ1v) is 7.40. The van der Waals surface area contributed by atoms with Crippen LogP contribution in [-0.2, 0) is 0 Å². The predicted octanol–water partition coefficient (Wildman–Crippen LogP) is 1.48. The topological polar surface area (TPSA) is 42.2 Å². The lowest BCUT2D eigenvalue weighted by atomic mass is 10.5. The van der Waals surface area contributed by atoms with Crippen LogP contribution in [0.1, 0.15) is 6.42 Å². The Morgan fingerprint density at radius 3 is 2.92 bits per heavy atom. The fraction of sp³-hybridized carbons (Fsp3) is 0.714. The van der Waals surface area contributed by atoms with Crippen molar-refractivity contribution in [3.63, 3.8) is 0 Å². The molecule has 12 heavy (non-hydrogen) atoms. The van der Waals surface area contributed by atoms with Gasteiger partial charge in [-0.05, 0) is 12.5 Å². The Kier molecular flexibility index (Phi) is 1.68. The average Bonchev–Trinajstić information content (AvgIpc) is 2.55. The Hall–Kier alpha value is -0.843. The number of hydrogen-bond donors (Lipinski definition) is 0. The Bertz CT molecular complexity index is 260. The molecule has 0 radical (unpaired) electrons. The molecule has 1 fully saturated rings. The molecule has 2 rings (SSSR count). The molecule has 0 aliphatic carbocycles. The Balaban J connectivity index is 2.25. The first-order valence-electron chi connectivity index (χ1n) is 4.24. The maximum absolute atomic E-state index is 5.05. The second-order valence-corrected chi connectivity index (χ2v) is 8.46. The van der Waals surface area contributed by atoms with Gasteiger partial charge in [-0.1, -0.05) is 18.3 Å². The van der Waals surface area contributed by atoms with Gasteiger partial charge in [0.25, 0.3) is 0 Å². The van der Waals surface area contributed by atoms with E-state index < -0.39 is 8.24 Å². The molecule has 0 N–H and O–H groups in total. The van der Waals surface area contributed by atoms with E-state index >= 15 is 0 Å². The van der Waals surface area contributed by atoms with Crippen LogP contribution in [0.4, 0.5) is 6.01 Å². The predicted molar refractivity (Wildman–Crippen MR) is 48.6 cm³/mol. The van der Waals surface area contributed by atoms with E-state index in [9.17, 15) is 0 Å². The normalized spacial score (nSPS) is 21.7. The van der Waals surface area contributed by atoms with Crippen LogP contribution in [-0.4, -0.2) is 24.9 Å². The first kappa shape index (κ1) is 7.79. The van der Waals surface area contributed by atoms with Gasteiger partial charge < -0.3 is 9.09 Å². The standard InChI is InChI=1S/C7H13N3OSi/c1-12(2)5-3-4-10(12)7-8-6-9-11-7/h6H,3-5H2,1-2H3. The summed E-state index contributed by atoms with van der Waals surface area (Å²) in [6.45, 7) is 5.76. The molecule has 1 aromatic rings. The molecule has 5 heteroatoms. The van der Waals surface area contributed by atoms with E-state index in [4.69, 9.17) is 4.52 Å². The van der Waals surface area contributed by atoms with Crippen molar-refractivity contribution in [1.82, 2.24) is 10.1 Å². The molecule has 0 amide bonds. The summed E-state index contributed by atoms with van der Waals surface area (Å²) in [5.41, 5.74) is 0. The summed E-state index contributed by atoms with van der Waals surface area (Å²) < 4.78 is 7.36. The van der Waals surface area contributed by atoms with Gasteiger partial charge in [0.2, 0.25) is 0 Å². The van der Waals surface area contributed by atoms with Gasteiger partial charge in [-0.15, -0.1) is 0 Å². The average molecular weight is 183 g/mol. The molecule has 2 heterocycles. The van der Waals surface area contributed by atoms with E-state index in [1.807, 2.05) is 0 Å². The van der Waals surface area contributed by atoms with Gasteiger partial charge >= 0.3 is 6.01 Å². The Labute approximate surface area is 72.7 Å². The summed E-state index contributed by atoms with van der Waals surface area (Å²) in [7, 11) is -1.24. The van der Waals surface area contributed by atoms with Crippen molar-refractivity contribution in [2.75, 3.05) is 11.1 Å². The Morgan fingerprint density at radius 1 is 1.58 bits per heavy atom. The third-order valence-electron chi connectivity index (χ3n) is 2.48. The van der Waals surface area contributed by atoms with Crippen LogP contribution in [0.25, 0.3) is 0 Å². The summed E-state index contributed by atoms with van der Waals surface area (Å²) in [6.07, 6.45) is 2.74. The minimum atomic E-state index is -1.24. The molecule has 66 valence electrons. The van der Waals surface area contributed by atoms with Crippen LogP contribution >= 0.6 is 0 Å². The number of nitrogens with zero attached hydrogens (tertiary/aromatic N) is 3. The fourth-order valence-electron chi connectivity index (χ4n) is 1.75. The van der Waals surface area contributed by atoms with Crippen molar-refractivity contribution in [2.45, 2.75) is 25.6 Å². The van der Waals surface area contributed by atoms with Crippen LogP contribution in [0, 0.1) is 0 Å². The van der Waals surface area contributed by atoms with Gasteiger partial charge in [0.15, 0.2) is 14.6 Å². The molecule has 4 nitrogen and oxygen atoms in total. The van der Waals surface area contributed by atoms with Crippen LogP contribution in [0.15, 0.2) is 10.9 Å². The second-order valence-electron chi connectivity index (χ2n) is 3.79. The minimum absolute atomic E-state index is 0.712. The fourth-order valence-corrected chi connectivity index (χ4v) is 4.42. The highest BCUT2D eigenvalue weighted by Gasteiger charge is 2.37. The van der Waals surface area contributed by atoms with E-state index in [0.717, 1.165) is 6.54 Å². The molecule has 1 aliphatic rings. The molecule has 0 spiro atoms. The quantitative estimate of drug-likeness (QED) is 0.618. The summed E-state index contributed by atoms with van der Waals surface area (Å²) in [5.74, 6) is 0. The monoisotopic (exact) mass is 183 g/mol. The van der Waals surface area contributed by atoms with Crippen LogP contribution < -0.4 is 4.57 Å². The molecule has 0 saturated carbocycles. The van der Waals surface area contributed by atoms with E-state index in [-0.39, 0.29) is 0 Å². The van der Waals surface area contributed by atoms with Gasteiger partial charge in [-0.2, -0.15) is 4.98 Å². The summed E-state index contributed by atoms with van der Waals surface area (Å²) >= 11 is 0. The maximum atomic E-state index is 5.05. The minimum Gasteiger partial charge on any atom is -0.352 e. The number of aromatic nitrogens is 2. The zero-order chi connectivity index (χ0) is 8.60. The van der Waals surface area contributed by atoms with E-state index in [1.54, 1.807) is 0 Å². The molecule has 1 aromatic heterocycles. The third-order valence-corrected chi connectivity index (χ3v) is 5.94. The highest BCUT2D eigenvalue weighted by Crippen LogP contribution is 2.29. The SMILES string of the molecule is C[Si]1(C)CCCN1c1ncno1. The molecule has 0 atom stereocenters. The van der Waals surface area contributed by atoms with Crippen LogP contribution in [0.3, 0.4) is 0 Å². The summed E-state index contributed by atoms with van der Waals surface area (Å²) in [5, 5.41) is 3.63. The zero-order valence-electron chi connectivity index (χ0n) is 7.45. The van der Waals surface area contributed by atoms with Crippen molar-refractivity contribution in [1.29, 1.82) is 0 Å². The van der Waals surface area contributed by atoms with E-state index in [1.165, 1.54) is 18.8 Å². The van der Waals surface area contributed by atoms with Crippen molar-refractivity contribution in [3.05, 3.63) is 6.33 Å². The smallest absolute Gasteiger partial charge is 0.315 e.